The van der Waals surface area contributed by atoms with Gasteiger partial charge in [0.05, 0.1) is 0 Å². The number of nitrogens with two attached hydrogens (primary N) is 1. The molecule has 3 heteroatoms. The maximum absolute atomic E-state index is 11.3. The van der Waals surface area contributed by atoms with Gasteiger partial charge in [-0.1, -0.05) is 0 Å². The molecule has 2 atom stereocenters. The number of hydrogen-bond donors (Lipinski definition) is 1. The van der Waals surface area contributed by atoms with Gasteiger partial charge in [0.1, 0.15) is 0 Å². The lowest BCUT2D eigenvalue weighted by atomic mass is 10.0. The van der Waals surface area contributed by atoms with Gasteiger partial charge in [0.15, 0.2) is 0 Å². The average molecular weight is 182 g/mol. The molecule has 1 aliphatic carbocycles. The molecule has 74 valence electrons. The molecule has 2 N–H and O–H groups in total. The molecule has 13 heavy (non-hydrogen) atoms. The van der Waals surface area contributed by atoms with E-state index in [1.54, 1.807) is 6.92 Å². The molecule has 1 saturated heterocycles. The van der Waals surface area contributed by atoms with Crippen LogP contribution in [0.2, 0.25) is 0 Å². The molecule has 0 aromatic carbocycles. The molecule has 2 aliphatic rings. The molecule has 1 aliphatic heterocycles. The van der Waals surface area contributed by atoms with Crippen LogP contribution < -0.4 is 5.73 Å². The average Bonchev–Trinajstić information content (AvgIpc) is 2.80. The first-order chi connectivity index (χ1) is 6.20. The van der Waals surface area contributed by atoms with E-state index < -0.39 is 0 Å². The second kappa shape index (κ2) is 3.29. The Bertz CT molecular complexity index is 213. The lowest BCUT2D eigenvalue weighted by Gasteiger charge is -2.28. The summed E-state index contributed by atoms with van der Waals surface area (Å²) < 4.78 is 0. The van der Waals surface area contributed by atoms with E-state index >= 15 is 0 Å². The van der Waals surface area contributed by atoms with E-state index in [0.29, 0.717) is 12.0 Å². The molecular weight excluding hydrogens is 164 g/mol. The second-order valence-electron chi connectivity index (χ2n) is 4.34. The minimum absolute atomic E-state index is 0.193. The lowest BCUT2D eigenvalue weighted by molar-refractivity contribution is -0.130. The van der Waals surface area contributed by atoms with Crippen molar-refractivity contribution in [3.63, 3.8) is 0 Å². The van der Waals surface area contributed by atoms with E-state index in [2.05, 4.69) is 0 Å². The van der Waals surface area contributed by atoms with Crippen LogP contribution in [0, 0.1) is 5.92 Å². The van der Waals surface area contributed by atoms with Crippen LogP contribution in [0.5, 0.6) is 0 Å². The maximum atomic E-state index is 11.3. The Hall–Kier alpha value is -0.570. The van der Waals surface area contributed by atoms with Gasteiger partial charge in [-0.05, 0) is 31.6 Å². The highest BCUT2D eigenvalue weighted by Crippen LogP contribution is 2.36. The third-order valence-electron chi connectivity index (χ3n) is 3.31. The van der Waals surface area contributed by atoms with Crippen LogP contribution in [0.1, 0.15) is 32.6 Å². The van der Waals surface area contributed by atoms with E-state index in [1.165, 1.54) is 12.8 Å². The first kappa shape index (κ1) is 9.00. The highest BCUT2D eigenvalue weighted by atomic mass is 16.2. The predicted octanol–water partition coefficient (Wildman–Crippen LogP) is 0.735. The van der Waals surface area contributed by atoms with E-state index in [9.17, 15) is 4.79 Å². The molecule has 0 bridgehead atoms. The summed E-state index contributed by atoms with van der Waals surface area (Å²) >= 11 is 0. The SMILES string of the molecule is CC(=O)N1CCCC1C(N)C1CC1. The van der Waals surface area contributed by atoms with E-state index in [4.69, 9.17) is 5.73 Å². The minimum atomic E-state index is 0.193. The van der Waals surface area contributed by atoms with Crippen LogP contribution in [0.3, 0.4) is 0 Å². The van der Waals surface area contributed by atoms with Gasteiger partial charge in [-0.2, -0.15) is 0 Å². The summed E-state index contributed by atoms with van der Waals surface area (Å²) in [5.41, 5.74) is 6.12. The molecular formula is C10H18N2O. The molecule has 3 nitrogen and oxygen atoms in total. The highest BCUT2D eigenvalue weighted by molar-refractivity contribution is 5.74. The molecule has 2 rings (SSSR count). The summed E-state index contributed by atoms with van der Waals surface area (Å²) in [7, 11) is 0. The summed E-state index contributed by atoms with van der Waals surface area (Å²) in [6, 6.07) is 0.580. The third kappa shape index (κ3) is 1.70. The number of amides is 1. The number of rotatable bonds is 2. The topological polar surface area (TPSA) is 46.3 Å². The Morgan fingerprint density at radius 3 is 2.69 bits per heavy atom. The van der Waals surface area contributed by atoms with Gasteiger partial charge in [-0.3, -0.25) is 4.79 Å². The van der Waals surface area contributed by atoms with Crippen molar-refractivity contribution < 1.29 is 4.79 Å². The summed E-state index contributed by atoms with van der Waals surface area (Å²) in [6.45, 7) is 2.57. The highest BCUT2D eigenvalue weighted by Gasteiger charge is 2.39. The molecule has 2 unspecified atom stereocenters. The summed E-state index contributed by atoms with van der Waals surface area (Å²) in [5, 5.41) is 0. The van der Waals surface area contributed by atoms with Crippen molar-refractivity contribution in [3.05, 3.63) is 0 Å². The van der Waals surface area contributed by atoms with Crippen molar-refractivity contribution in [1.29, 1.82) is 0 Å². The Morgan fingerprint density at radius 2 is 2.15 bits per heavy atom. The number of hydrogen-bond acceptors (Lipinski definition) is 2. The monoisotopic (exact) mass is 182 g/mol. The standard InChI is InChI=1S/C10H18N2O/c1-7(13)12-6-2-3-9(12)10(11)8-4-5-8/h8-10H,2-6,11H2,1H3. The van der Waals surface area contributed by atoms with E-state index in [1.807, 2.05) is 4.90 Å². The van der Waals surface area contributed by atoms with Crippen LogP contribution in [0.15, 0.2) is 0 Å². The second-order valence-corrected chi connectivity index (χ2v) is 4.34. The smallest absolute Gasteiger partial charge is 0.219 e. The molecule has 0 radical (unpaired) electrons. The number of nitrogens with zero attached hydrogens (tertiary/aromatic N) is 1. The first-order valence-electron chi connectivity index (χ1n) is 5.23. The van der Waals surface area contributed by atoms with Crippen molar-refractivity contribution in [2.24, 2.45) is 11.7 Å². The van der Waals surface area contributed by atoms with Gasteiger partial charge in [0.2, 0.25) is 5.91 Å². The summed E-state index contributed by atoms with van der Waals surface area (Å²) in [4.78, 5) is 13.2. The fraction of sp³-hybridized carbons (Fsp3) is 0.900. The molecule has 2 fully saturated rings. The van der Waals surface area contributed by atoms with Crippen molar-refractivity contribution in [2.45, 2.75) is 44.7 Å². The normalized spacial score (nSPS) is 30.6. The van der Waals surface area contributed by atoms with Crippen LogP contribution in [-0.2, 0) is 4.79 Å². The zero-order chi connectivity index (χ0) is 9.42. The Balaban J connectivity index is 1.99. The number of carbonyl (C=O) groups excluding carboxylic acids is 1. The van der Waals surface area contributed by atoms with Crippen molar-refractivity contribution >= 4 is 5.91 Å². The van der Waals surface area contributed by atoms with E-state index in [-0.39, 0.29) is 11.9 Å². The fourth-order valence-corrected chi connectivity index (χ4v) is 2.38. The largest absolute Gasteiger partial charge is 0.338 e. The van der Waals surface area contributed by atoms with E-state index in [0.717, 1.165) is 19.4 Å². The van der Waals surface area contributed by atoms with Crippen LogP contribution in [0.4, 0.5) is 0 Å². The van der Waals surface area contributed by atoms with Crippen molar-refractivity contribution in [2.75, 3.05) is 6.54 Å². The van der Waals surface area contributed by atoms with Gasteiger partial charge >= 0.3 is 0 Å². The molecule has 1 saturated carbocycles. The minimum Gasteiger partial charge on any atom is -0.338 e. The maximum Gasteiger partial charge on any atom is 0.219 e. The van der Waals surface area contributed by atoms with Gasteiger partial charge in [-0.15, -0.1) is 0 Å². The molecule has 0 aromatic rings. The number of carbonyl (C=O) groups is 1. The fourth-order valence-electron chi connectivity index (χ4n) is 2.38. The predicted molar refractivity (Wildman–Crippen MR) is 51.1 cm³/mol. The zero-order valence-electron chi connectivity index (χ0n) is 8.20. The molecule has 1 heterocycles. The number of likely N-dealkylation sites (tertiary alicyclic amines) is 1. The van der Waals surface area contributed by atoms with Crippen LogP contribution in [0.25, 0.3) is 0 Å². The van der Waals surface area contributed by atoms with Crippen molar-refractivity contribution in [1.82, 2.24) is 4.90 Å². The first-order valence-corrected chi connectivity index (χ1v) is 5.23. The Labute approximate surface area is 79.3 Å². The van der Waals surface area contributed by atoms with Gasteiger partial charge in [-0.25, -0.2) is 0 Å². The van der Waals surface area contributed by atoms with Gasteiger partial charge < -0.3 is 10.6 Å². The Morgan fingerprint density at radius 1 is 1.46 bits per heavy atom. The van der Waals surface area contributed by atoms with Gasteiger partial charge in [0, 0.05) is 25.6 Å². The van der Waals surface area contributed by atoms with Gasteiger partial charge in [0.25, 0.3) is 0 Å². The summed E-state index contributed by atoms with van der Waals surface area (Å²) in [5.74, 6) is 0.892. The van der Waals surface area contributed by atoms with Crippen LogP contribution >= 0.6 is 0 Å². The summed E-state index contributed by atoms with van der Waals surface area (Å²) in [6.07, 6.45) is 4.77. The molecule has 0 spiro atoms. The molecule has 0 aromatic heterocycles. The Kier molecular flexibility index (Phi) is 2.28. The van der Waals surface area contributed by atoms with Crippen LogP contribution in [-0.4, -0.2) is 29.4 Å². The van der Waals surface area contributed by atoms with Crippen molar-refractivity contribution in [3.8, 4) is 0 Å². The lowest BCUT2D eigenvalue weighted by Crippen LogP contribution is -2.47. The third-order valence-corrected chi connectivity index (χ3v) is 3.31. The molecule has 1 amide bonds. The zero-order valence-corrected chi connectivity index (χ0v) is 8.20. The quantitative estimate of drug-likeness (QED) is 0.684.